The molecule has 1 heterocycles. The third-order valence-corrected chi connectivity index (χ3v) is 5.75. The van der Waals surface area contributed by atoms with Crippen molar-refractivity contribution in [1.29, 1.82) is 0 Å². The van der Waals surface area contributed by atoms with Crippen LogP contribution in [0.1, 0.15) is 52.9 Å². The van der Waals surface area contributed by atoms with Gasteiger partial charge in [-0.1, -0.05) is 27.2 Å². The fourth-order valence-corrected chi connectivity index (χ4v) is 5.03. The molecule has 0 amide bonds. The van der Waals surface area contributed by atoms with Crippen molar-refractivity contribution >= 4 is 0 Å². The van der Waals surface area contributed by atoms with Gasteiger partial charge in [-0.2, -0.15) is 0 Å². The monoisotopic (exact) mass is 236 g/mol. The molecule has 2 saturated carbocycles. The van der Waals surface area contributed by atoms with E-state index in [0.717, 1.165) is 12.3 Å². The van der Waals surface area contributed by atoms with Crippen LogP contribution in [0.4, 0.5) is 0 Å². The van der Waals surface area contributed by atoms with Crippen LogP contribution in [0.15, 0.2) is 11.8 Å². The summed E-state index contributed by atoms with van der Waals surface area (Å²) in [6.07, 6.45) is 7.48. The molecule has 3 rings (SSSR count). The Balaban J connectivity index is 1.99. The number of aliphatic hydroxyl groups excluding tert-OH is 1. The first-order valence-electron chi connectivity index (χ1n) is 6.98. The summed E-state index contributed by atoms with van der Waals surface area (Å²) in [5, 5.41) is 10.1. The Morgan fingerprint density at radius 2 is 2.06 bits per heavy atom. The molecular formula is C15H24O2. The van der Waals surface area contributed by atoms with Gasteiger partial charge >= 0.3 is 0 Å². The summed E-state index contributed by atoms with van der Waals surface area (Å²) in [6, 6.07) is 0. The molecule has 3 aliphatic rings. The van der Waals surface area contributed by atoms with Crippen LogP contribution in [-0.4, -0.2) is 11.4 Å². The highest BCUT2D eigenvalue weighted by Crippen LogP contribution is 2.62. The van der Waals surface area contributed by atoms with E-state index in [4.69, 9.17) is 4.74 Å². The first-order chi connectivity index (χ1) is 7.95. The van der Waals surface area contributed by atoms with Gasteiger partial charge in [0.25, 0.3) is 0 Å². The number of hydrogen-bond acceptors (Lipinski definition) is 2. The summed E-state index contributed by atoms with van der Waals surface area (Å²) >= 11 is 0. The normalized spacial score (nSPS) is 47.8. The lowest BCUT2D eigenvalue weighted by Crippen LogP contribution is -2.51. The molecule has 1 aliphatic heterocycles. The Bertz CT molecular complexity index is 358. The molecule has 2 aliphatic carbocycles. The summed E-state index contributed by atoms with van der Waals surface area (Å²) in [5.41, 5.74) is 2.01. The van der Waals surface area contributed by atoms with Crippen molar-refractivity contribution in [3.05, 3.63) is 11.8 Å². The third-order valence-electron chi connectivity index (χ3n) is 5.75. The van der Waals surface area contributed by atoms with E-state index in [0.29, 0.717) is 5.41 Å². The van der Waals surface area contributed by atoms with Gasteiger partial charge < -0.3 is 9.84 Å². The molecule has 0 aromatic rings. The maximum absolute atomic E-state index is 10.1. The second-order valence-electron chi connectivity index (χ2n) is 7.14. The van der Waals surface area contributed by atoms with E-state index in [-0.39, 0.29) is 11.3 Å². The Morgan fingerprint density at radius 1 is 1.29 bits per heavy atom. The van der Waals surface area contributed by atoms with E-state index in [1.807, 2.05) is 6.26 Å². The van der Waals surface area contributed by atoms with Crippen LogP contribution in [0.5, 0.6) is 0 Å². The lowest BCUT2D eigenvalue weighted by Gasteiger charge is -2.57. The van der Waals surface area contributed by atoms with Gasteiger partial charge in [0.15, 0.2) is 0 Å². The zero-order valence-electron chi connectivity index (χ0n) is 11.2. The minimum Gasteiger partial charge on any atom is -0.472 e. The zero-order chi connectivity index (χ0) is 12.3. The summed E-state index contributed by atoms with van der Waals surface area (Å²) in [6.45, 7) is 7.20. The van der Waals surface area contributed by atoms with Crippen molar-refractivity contribution in [3.8, 4) is 0 Å². The second-order valence-corrected chi connectivity index (χ2v) is 7.14. The number of aliphatic hydroxyl groups is 1. The van der Waals surface area contributed by atoms with E-state index >= 15 is 0 Å². The van der Waals surface area contributed by atoms with Crippen molar-refractivity contribution in [1.82, 2.24) is 0 Å². The van der Waals surface area contributed by atoms with Gasteiger partial charge in [0.1, 0.15) is 0 Å². The van der Waals surface area contributed by atoms with E-state index in [9.17, 15) is 5.11 Å². The standard InChI is InChI=1S/C15H24O2/c1-14(2)7-4-8-15(3)11(14)6-5-10-9-17-13(16)12(10)15/h9,11-13,16H,4-8H2,1-3H3/t11?,12-,13+,15+/m1/s1. The SMILES string of the molecule is CC1(C)CCC[C@@]2(C)C1CCC1=CO[C@H](O)[C@@H]12. The van der Waals surface area contributed by atoms with Gasteiger partial charge in [-0.15, -0.1) is 0 Å². The van der Waals surface area contributed by atoms with Crippen molar-refractivity contribution < 1.29 is 9.84 Å². The lowest BCUT2D eigenvalue weighted by molar-refractivity contribution is -0.142. The lowest BCUT2D eigenvalue weighted by atomic mass is 9.48. The predicted molar refractivity (Wildman–Crippen MR) is 67.1 cm³/mol. The van der Waals surface area contributed by atoms with Crippen molar-refractivity contribution in [2.45, 2.75) is 59.2 Å². The summed E-state index contributed by atoms with van der Waals surface area (Å²) in [5.74, 6) is 0.975. The molecule has 0 radical (unpaired) electrons. The molecule has 0 saturated heterocycles. The summed E-state index contributed by atoms with van der Waals surface area (Å²) < 4.78 is 5.38. The van der Waals surface area contributed by atoms with E-state index < -0.39 is 6.29 Å². The fraction of sp³-hybridized carbons (Fsp3) is 0.867. The molecule has 0 spiro atoms. The topological polar surface area (TPSA) is 29.5 Å². The van der Waals surface area contributed by atoms with Crippen LogP contribution in [-0.2, 0) is 4.74 Å². The average Bonchev–Trinajstić information content (AvgIpc) is 2.60. The largest absolute Gasteiger partial charge is 0.472 e. The number of ether oxygens (including phenoxy) is 1. The van der Waals surface area contributed by atoms with Crippen LogP contribution in [0, 0.1) is 22.7 Å². The van der Waals surface area contributed by atoms with E-state index in [1.54, 1.807) is 0 Å². The van der Waals surface area contributed by atoms with Crippen LogP contribution >= 0.6 is 0 Å². The van der Waals surface area contributed by atoms with Gasteiger partial charge in [-0.3, -0.25) is 0 Å². The molecule has 2 fully saturated rings. The van der Waals surface area contributed by atoms with Gasteiger partial charge in [0.05, 0.1) is 12.2 Å². The Morgan fingerprint density at radius 3 is 2.82 bits per heavy atom. The van der Waals surface area contributed by atoms with Crippen LogP contribution in [0.2, 0.25) is 0 Å². The molecule has 17 heavy (non-hydrogen) atoms. The first-order valence-corrected chi connectivity index (χ1v) is 6.98. The van der Waals surface area contributed by atoms with Crippen molar-refractivity contribution in [2.24, 2.45) is 22.7 Å². The number of rotatable bonds is 0. The fourth-order valence-electron chi connectivity index (χ4n) is 5.03. The highest BCUT2D eigenvalue weighted by atomic mass is 16.6. The van der Waals surface area contributed by atoms with E-state index in [2.05, 4.69) is 20.8 Å². The van der Waals surface area contributed by atoms with Crippen LogP contribution < -0.4 is 0 Å². The molecule has 0 aromatic heterocycles. The molecule has 0 aromatic carbocycles. The predicted octanol–water partition coefficient (Wildman–Crippen LogP) is 3.46. The summed E-state index contributed by atoms with van der Waals surface area (Å²) in [7, 11) is 0. The van der Waals surface area contributed by atoms with Crippen LogP contribution in [0.3, 0.4) is 0 Å². The quantitative estimate of drug-likeness (QED) is 0.698. The van der Waals surface area contributed by atoms with Gasteiger partial charge in [0, 0.05) is 0 Å². The smallest absolute Gasteiger partial charge is 0.203 e. The molecule has 2 nitrogen and oxygen atoms in total. The van der Waals surface area contributed by atoms with Crippen molar-refractivity contribution in [3.63, 3.8) is 0 Å². The van der Waals surface area contributed by atoms with E-state index in [1.165, 1.54) is 31.3 Å². The van der Waals surface area contributed by atoms with Gasteiger partial charge in [0.2, 0.25) is 6.29 Å². The summed E-state index contributed by atoms with van der Waals surface area (Å²) in [4.78, 5) is 0. The molecule has 2 heteroatoms. The Kier molecular flexibility index (Phi) is 2.39. The first kappa shape index (κ1) is 11.6. The third kappa shape index (κ3) is 1.49. The van der Waals surface area contributed by atoms with Gasteiger partial charge in [-0.05, 0) is 48.0 Å². The Hall–Kier alpha value is -0.500. The van der Waals surface area contributed by atoms with Gasteiger partial charge in [-0.25, -0.2) is 0 Å². The number of hydrogen-bond donors (Lipinski definition) is 1. The molecular weight excluding hydrogens is 212 g/mol. The Labute approximate surface area is 104 Å². The minimum atomic E-state index is -0.591. The molecule has 96 valence electrons. The maximum atomic E-state index is 10.1. The highest BCUT2D eigenvalue weighted by Gasteiger charge is 2.57. The minimum absolute atomic E-state index is 0.238. The second kappa shape index (κ2) is 3.50. The molecule has 1 N–H and O–H groups in total. The maximum Gasteiger partial charge on any atom is 0.203 e. The van der Waals surface area contributed by atoms with Crippen molar-refractivity contribution in [2.75, 3.05) is 0 Å². The van der Waals surface area contributed by atoms with Crippen LogP contribution in [0.25, 0.3) is 0 Å². The molecule has 4 atom stereocenters. The highest BCUT2D eigenvalue weighted by molar-refractivity contribution is 5.20. The number of fused-ring (bicyclic) bond motifs is 3. The molecule has 1 unspecified atom stereocenters. The zero-order valence-corrected chi connectivity index (χ0v) is 11.2. The average molecular weight is 236 g/mol. The molecule has 0 bridgehead atoms.